The minimum atomic E-state index is -6.13. The highest BCUT2D eigenvalue weighted by Crippen LogP contribution is 2.43. The first kappa shape index (κ1) is 58.3. The van der Waals surface area contributed by atoms with E-state index in [0.717, 1.165) is 99.8 Å². The van der Waals surface area contributed by atoms with E-state index >= 15 is 0 Å². The fourth-order valence-electron chi connectivity index (χ4n) is 11.8. The highest BCUT2D eigenvalue weighted by atomic mass is 35.5. The van der Waals surface area contributed by atoms with E-state index in [4.69, 9.17) is 11.6 Å². The molecule has 5 aromatic carbocycles. The van der Waals surface area contributed by atoms with Crippen molar-refractivity contribution in [3.63, 3.8) is 0 Å². The molecule has 5 aromatic rings. The van der Waals surface area contributed by atoms with Crippen molar-refractivity contribution in [2.45, 2.75) is 97.2 Å². The zero-order valence-electron chi connectivity index (χ0n) is 45.1. The zero-order chi connectivity index (χ0) is 57.3. The molecular formula is C59H66ClF3N8O7S3. The third-order valence-electron chi connectivity index (χ3n) is 16.1. The number of halogens is 4. The Morgan fingerprint density at radius 3 is 2.21 bits per heavy atom. The second-order valence-electron chi connectivity index (χ2n) is 22.4. The van der Waals surface area contributed by atoms with Gasteiger partial charge in [0.25, 0.3) is 25.8 Å². The van der Waals surface area contributed by atoms with E-state index in [2.05, 4.69) is 56.2 Å². The number of nitrogens with one attached hydrogen (secondary N) is 3. The topological polar surface area (TPSA) is 172 Å². The van der Waals surface area contributed by atoms with Crippen LogP contribution in [0.3, 0.4) is 0 Å². The molecule has 2 unspecified atom stereocenters. The maximum Gasteiger partial charge on any atom is 0.501 e. The molecule has 5 fully saturated rings. The third-order valence-corrected chi connectivity index (χ3v) is 20.4. The highest BCUT2D eigenvalue weighted by Gasteiger charge is 2.49. The Hall–Kier alpha value is -5.94. The number of imide groups is 1. The molecule has 22 heteroatoms. The quantitative estimate of drug-likeness (QED) is 0.0668. The number of fused-ring (bicyclic) bond motifs is 2. The summed E-state index contributed by atoms with van der Waals surface area (Å²) in [6, 6.07) is 33.4. The van der Waals surface area contributed by atoms with Crippen molar-refractivity contribution in [2.24, 2.45) is 5.41 Å². The van der Waals surface area contributed by atoms with Gasteiger partial charge in [0.15, 0.2) is 0 Å². The van der Waals surface area contributed by atoms with Gasteiger partial charge in [0.1, 0.15) is 4.90 Å². The molecule has 6 aliphatic rings. The number of benzene rings is 5. The van der Waals surface area contributed by atoms with Crippen LogP contribution >= 0.6 is 23.4 Å². The van der Waals surface area contributed by atoms with Crippen LogP contribution in [0.5, 0.6) is 0 Å². The summed E-state index contributed by atoms with van der Waals surface area (Å²) in [5.74, 6) is -1.01. The van der Waals surface area contributed by atoms with E-state index in [9.17, 15) is 44.4 Å². The van der Waals surface area contributed by atoms with Gasteiger partial charge in [-0.1, -0.05) is 73.5 Å². The van der Waals surface area contributed by atoms with Crippen LogP contribution in [0.2, 0.25) is 5.02 Å². The minimum absolute atomic E-state index is 0.0167. The smallest absolute Gasteiger partial charge is 0.380 e. The van der Waals surface area contributed by atoms with E-state index in [1.807, 2.05) is 71.5 Å². The van der Waals surface area contributed by atoms with E-state index in [1.54, 1.807) is 17.0 Å². The van der Waals surface area contributed by atoms with Crippen molar-refractivity contribution in [1.82, 2.24) is 24.7 Å². The summed E-state index contributed by atoms with van der Waals surface area (Å²) < 4.78 is 99.8. The summed E-state index contributed by atoms with van der Waals surface area (Å²) in [5, 5.41) is 6.14. The first-order valence-corrected chi connectivity index (χ1v) is 31.6. The van der Waals surface area contributed by atoms with Crippen LogP contribution in [0.15, 0.2) is 142 Å². The monoisotopic (exact) mass is 1190 g/mol. The second kappa shape index (κ2) is 24.1. The minimum Gasteiger partial charge on any atom is -0.380 e. The number of sulfonamides is 1. The number of urea groups is 1. The lowest BCUT2D eigenvalue weighted by atomic mass is 9.73. The number of amides is 4. The van der Waals surface area contributed by atoms with Gasteiger partial charge in [-0.15, -0.1) is 11.8 Å². The van der Waals surface area contributed by atoms with Crippen molar-refractivity contribution in [2.75, 3.05) is 79.8 Å². The Bertz CT molecular complexity index is 3390. The summed E-state index contributed by atoms with van der Waals surface area (Å²) in [4.78, 5) is 47.5. The van der Waals surface area contributed by atoms with Gasteiger partial charge in [-0.3, -0.25) is 34.5 Å². The van der Waals surface area contributed by atoms with Crippen LogP contribution in [0, 0.1) is 5.41 Å². The Morgan fingerprint density at radius 2 is 1.52 bits per heavy atom. The molecule has 1 aliphatic carbocycles. The van der Waals surface area contributed by atoms with Crippen molar-refractivity contribution >= 4 is 83.7 Å². The first-order chi connectivity index (χ1) is 38.6. The predicted molar refractivity (Wildman–Crippen MR) is 311 cm³/mol. The van der Waals surface area contributed by atoms with Crippen LogP contribution in [0.25, 0.3) is 5.57 Å². The molecule has 430 valence electrons. The summed E-state index contributed by atoms with van der Waals surface area (Å²) in [6.45, 7) is 11.5. The third kappa shape index (κ3) is 13.8. The molecule has 15 nitrogen and oxygen atoms in total. The van der Waals surface area contributed by atoms with Gasteiger partial charge in [-0.25, -0.2) is 26.4 Å². The van der Waals surface area contributed by atoms with Crippen LogP contribution < -0.4 is 25.2 Å². The number of hydrogen-bond donors (Lipinski definition) is 3. The number of nitrogens with zero attached hydrogens (tertiary/aromatic N) is 5. The molecule has 3 atom stereocenters. The molecule has 0 radical (unpaired) electrons. The molecule has 0 saturated carbocycles. The van der Waals surface area contributed by atoms with Gasteiger partial charge in [-0.2, -0.15) is 13.2 Å². The number of carbonyl (C=O) groups excluding carboxylic acids is 3. The number of hydrogen-bond acceptors (Lipinski definition) is 13. The fourth-order valence-corrected chi connectivity index (χ4v) is 14.9. The molecule has 5 saturated heterocycles. The van der Waals surface area contributed by atoms with Gasteiger partial charge >= 0.3 is 11.5 Å². The molecular weight excluding hydrogens is 1120 g/mol. The lowest BCUT2D eigenvalue weighted by molar-refractivity contribution is -0.120. The SMILES string of the molecule is CC1(C)CCC(c2ccc(Cl)cc2)=C(CN2CCN(c3ccc(C(=O)NS(=O)(=O)c4ccc(N[C@H](CCN5C6CC5CN(Cc5cccc(N7CCC(=O)NC7=O)c5)C6)CSc5ccccc5)c(S(=O)(=O)C(F)(F)F)c4)cc3)CC2)C1. The number of alkyl halides is 3. The highest BCUT2D eigenvalue weighted by molar-refractivity contribution is 7.99. The first-order valence-electron chi connectivity index (χ1n) is 27.3. The van der Waals surface area contributed by atoms with Gasteiger partial charge in [0.05, 0.1) is 10.6 Å². The van der Waals surface area contributed by atoms with E-state index in [1.165, 1.54) is 40.6 Å². The summed E-state index contributed by atoms with van der Waals surface area (Å²) in [5.41, 5.74) is 0.577. The number of piperazine rings is 2. The van der Waals surface area contributed by atoms with E-state index in [0.29, 0.717) is 48.6 Å². The van der Waals surface area contributed by atoms with Crippen molar-refractivity contribution in [1.29, 1.82) is 0 Å². The number of thioether (sulfide) groups is 1. The molecule has 2 bridgehead atoms. The Labute approximate surface area is 481 Å². The van der Waals surface area contributed by atoms with Gasteiger partial charge in [-0.05, 0) is 133 Å². The average Bonchev–Trinajstić information content (AvgIpc) is 3.43. The average molecular weight is 1190 g/mol. The second-order valence-corrected chi connectivity index (χ2v) is 27.6. The van der Waals surface area contributed by atoms with Gasteiger partial charge in [0.2, 0.25) is 5.91 Å². The standard InChI is InChI=1S/C59H66ClF3N8O7S3/c1-58(2)24-21-52(41-11-15-44(60)16-12-41)43(34-58)36-67-27-29-69(30-28-67)46-17-13-42(14-18-46)56(73)66-81(77,78)51-19-20-53(54(33-51)80(75,76)59(61,62)63)64-45(39-79-50-9-4-3-5-10-50)22-25-70-48-32-49(70)38-68(37-48)35-40-7-6-8-47(31-40)71-26-23-55(72)65-57(71)74/h3-20,31,33,45,48-49,64H,21-30,32,34-39H2,1-2H3,(H,66,73)(H,65,72,74)/t45-,48?,49?/m1/s1. The van der Waals surface area contributed by atoms with Crippen molar-refractivity contribution < 1.29 is 44.4 Å². The van der Waals surface area contributed by atoms with Crippen molar-refractivity contribution in [3.8, 4) is 0 Å². The van der Waals surface area contributed by atoms with Crippen LogP contribution in [-0.4, -0.2) is 138 Å². The van der Waals surface area contributed by atoms with E-state index < -0.39 is 58.8 Å². The molecule has 5 heterocycles. The molecule has 3 N–H and O–H groups in total. The molecule has 0 spiro atoms. The summed E-state index contributed by atoms with van der Waals surface area (Å²) in [7, 11) is -11.0. The van der Waals surface area contributed by atoms with Crippen LogP contribution in [0.1, 0.15) is 73.9 Å². The predicted octanol–water partition coefficient (Wildman–Crippen LogP) is 9.91. The fraction of sp³-hybridized carbons (Fsp3) is 0.407. The number of rotatable bonds is 19. The molecule has 81 heavy (non-hydrogen) atoms. The number of carbonyl (C=O) groups is 3. The maximum absolute atomic E-state index is 14.5. The zero-order valence-corrected chi connectivity index (χ0v) is 48.3. The lowest BCUT2D eigenvalue weighted by Crippen LogP contribution is -2.68. The number of sulfone groups is 1. The molecule has 0 aromatic heterocycles. The molecule has 11 rings (SSSR count). The number of anilines is 3. The summed E-state index contributed by atoms with van der Waals surface area (Å²) in [6.07, 6.45) is 4.72. The van der Waals surface area contributed by atoms with Gasteiger partial charge < -0.3 is 10.2 Å². The normalized spacial score (nSPS) is 20.6. The van der Waals surface area contributed by atoms with Crippen LogP contribution in [-0.2, 0) is 31.2 Å². The lowest BCUT2D eigenvalue weighted by Gasteiger charge is -2.57. The van der Waals surface area contributed by atoms with Crippen LogP contribution in [0.4, 0.5) is 35.0 Å². The molecule has 5 aliphatic heterocycles. The van der Waals surface area contributed by atoms with Crippen molar-refractivity contribution in [3.05, 3.63) is 149 Å². The maximum atomic E-state index is 14.5. The Morgan fingerprint density at radius 1 is 0.802 bits per heavy atom. The largest absolute Gasteiger partial charge is 0.501 e. The molecule has 4 amide bonds. The Balaban J connectivity index is 0.783. The van der Waals surface area contributed by atoms with Gasteiger partial charge in [0, 0.05) is 123 Å². The summed E-state index contributed by atoms with van der Waals surface area (Å²) >= 11 is 7.66. The Kier molecular flexibility index (Phi) is 17.3. The number of allylic oxidation sites excluding steroid dienone is 1. The number of piperidine rings is 1. The van der Waals surface area contributed by atoms with E-state index in [-0.39, 0.29) is 35.4 Å².